The lowest BCUT2D eigenvalue weighted by molar-refractivity contribution is -0.885. The molecule has 0 radical (unpaired) electrons. The number of carbonyl (C=O) groups excluding carboxylic acids is 2. The lowest BCUT2D eigenvalue weighted by Gasteiger charge is -2.20. The van der Waals surface area contributed by atoms with Crippen LogP contribution in [0.4, 0.5) is 15.8 Å². The summed E-state index contributed by atoms with van der Waals surface area (Å²) in [5.41, 5.74) is 1.14. The van der Waals surface area contributed by atoms with E-state index in [0.29, 0.717) is 17.1 Å². The molecule has 2 atom stereocenters. The van der Waals surface area contributed by atoms with E-state index in [1.165, 1.54) is 24.3 Å². The van der Waals surface area contributed by atoms with Crippen LogP contribution in [0.15, 0.2) is 48.5 Å². The van der Waals surface area contributed by atoms with Crippen molar-refractivity contribution in [2.75, 3.05) is 31.3 Å². The number of amides is 2. The Kier molecular flexibility index (Phi) is 6.68. The number of ether oxygens (including phenoxy) is 1. The summed E-state index contributed by atoms with van der Waals surface area (Å²) in [6.45, 7) is 1.85. The van der Waals surface area contributed by atoms with Gasteiger partial charge in [0.2, 0.25) is 0 Å². The summed E-state index contributed by atoms with van der Waals surface area (Å²) in [6.07, 6.45) is 0. The van der Waals surface area contributed by atoms with Gasteiger partial charge in [0.1, 0.15) is 11.6 Å². The minimum absolute atomic E-state index is 0.120. The zero-order valence-corrected chi connectivity index (χ0v) is 15.0. The van der Waals surface area contributed by atoms with Crippen molar-refractivity contribution in [3.8, 4) is 5.75 Å². The second kappa shape index (κ2) is 8.96. The smallest absolute Gasteiger partial charge is 0.282 e. The second-order valence-electron chi connectivity index (χ2n) is 6.02. The molecule has 0 saturated carbocycles. The van der Waals surface area contributed by atoms with Gasteiger partial charge in [-0.25, -0.2) is 4.39 Å². The molecular formula is C19H23FN3O3+. The summed E-state index contributed by atoms with van der Waals surface area (Å²) in [6, 6.07) is 12.1. The van der Waals surface area contributed by atoms with Crippen LogP contribution in [0, 0.1) is 5.82 Å². The molecule has 2 aromatic carbocycles. The number of methoxy groups -OCH3 is 1. The quantitative estimate of drug-likeness (QED) is 0.697. The lowest BCUT2D eigenvalue weighted by atomic mass is 10.2. The van der Waals surface area contributed by atoms with Gasteiger partial charge < -0.3 is 20.3 Å². The first kappa shape index (κ1) is 19.4. The Morgan fingerprint density at radius 3 is 2.46 bits per heavy atom. The zero-order chi connectivity index (χ0) is 19.1. The molecule has 0 fully saturated rings. The number of anilines is 2. The highest BCUT2D eigenvalue weighted by molar-refractivity contribution is 5.94. The third kappa shape index (κ3) is 5.56. The van der Waals surface area contributed by atoms with Crippen molar-refractivity contribution in [2.45, 2.75) is 13.0 Å². The summed E-state index contributed by atoms with van der Waals surface area (Å²) in [7, 11) is 3.32. The molecule has 0 aliphatic carbocycles. The monoisotopic (exact) mass is 360 g/mol. The third-order valence-corrected chi connectivity index (χ3v) is 4.04. The fourth-order valence-corrected chi connectivity index (χ4v) is 2.32. The number of quaternary nitrogens is 1. The standard InChI is InChI=1S/C19H22FN3O3/c1-13(19(25)22-15-9-7-14(20)8-10-15)23(2)12-18(24)21-16-5-4-6-17(11-16)26-3/h4-11,13H,12H2,1-3H3,(H,21,24)(H,22,25)/p+1/t13-/m0/s1. The molecule has 2 rings (SSSR count). The average molecular weight is 360 g/mol. The first-order chi connectivity index (χ1) is 12.4. The number of rotatable bonds is 7. The van der Waals surface area contributed by atoms with Gasteiger partial charge in [-0.15, -0.1) is 0 Å². The number of hydrogen-bond acceptors (Lipinski definition) is 3. The molecule has 0 aromatic heterocycles. The second-order valence-corrected chi connectivity index (χ2v) is 6.02. The minimum atomic E-state index is -0.462. The van der Waals surface area contributed by atoms with Crippen molar-refractivity contribution in [3.05, 3.63) is 54.3 Å². The Bertz CT molecular complexity index is 765. The Morgan fingerprint density at radius 1 is 1.12 bits per heavy atom. The van der Waals surface area contributed by atoms with Crippen LogP contribution in [-0.4, -0.2) is 38.6 Å². The lowest BCUT2D eigenvalue weighted by Crippen LogP contribution is -3.14. The molecule has 2 amide bonds. The summed E-state index contributed by atoms with van der Waals surface area (Å²) >= 11 is 0. The van der Waals surface area contributed by atoms with E-state index in [4.69, 9.17) is 4.74 Å². The molecule has 1 unspecified atom stereocenters. The van der Waals surface area contributed by atoms with E-state index in [1.807, 2.05) is 0 Å². The molecule has 0 aliphatic rings. The Labute approximate surface area is 152 Å². The topological polar surface area (TPSA) is 71.9 Å². The van der Waals surface area contributed by atoms with Gasteiger partial charge in [0.25, 0.3) is 11.8 Å². The summed E-state index contributed by atoms with van der Waals surface area (Å²) in [5.74, 6) is -0.177. The molecular weight excluding hydrogens is 337 g/mol. The number of halogens is 1. The molecule has 0 aliphatic heterocycles. The fraction of sp³-hybridized carbons (Fsp3) is 0.263. The van der Waals surface area contributed by atoms with Crippen LogP contribution in [0.3, 0.4) is 0 Å². The Morgan fingerprint density at radius 2 is 1.81 bits per heavy atom. The van der Waals surface area contributed by atoms with Crippen LogP contribution in [0.2, 0.25) is 0 Å². The minimum Gasteiger partial charge on any atom is -0.497 e. The molecule has 7 heteroatoms. The van der Waals surface area contributed by atoms with E-state index in [1.54, 1.807) is 45.3 Å². The normalized spacial score (nSPS) is 12.8. The molecule has 0 heterocycles. The van der Waals surface area contributed by atoms with Gasteiger partial charge in [-0.3, -0.25) is 9.59 Å². The number of nitrogens with one attached hydrogen (secondary N) is 3. The third-order valence-electron chi connectivity index (χ3n) is 4.04. The van der Waals surface area contributed by atoms with Crippen molar-refractivity contribution in [3.63, 3.8) is 0 Å². The van der Waals surface area contributed by atoms with E-state index in [-0.39, 0.29) is 24.2 Å². The SMILES string of the molecule is COc1cccc(NC(=O)C[NH+](C)[C@@H](C)C(=O)Nc2ccc(F)cc2)c1. The number of hydrogen-bond donors (Lipinski definition) is 3. The molecule has 0 saturated heterocycles. The van der Waals surface area contributed by atoms with E-state index >= 15 is 0 Å². The van der Waals surface area contributed by atoms with Crippen LogP contribution in [0.5, 0.6) is 5.75 Å². The molecule has 0 bridgehead atoms. The molecule has 0 spiro atoms. The largest absolute Gasteiger partial charge is 0.497 e. The van der Waals surface area contributed by atoms with E-state index in [2.05, 4.69) is 10.6 Å². The van der Waals surface area contributed by atoms with Gasteiger partial charge in [0.05, 0.1) is 14.2 Å². The van der Waals surface area contributed by atoms with Crippen LogP contribution < -0.4 is 20.3 Å². The molecule has 2 aromatic rings. The molecule has 138 valence electrons. The highest BCUT2D eigenvalue weighted by Crippen LogP contribution is 2.16. The highest BCUT2D eigenvalue weighted by atomic mass is 19.1. The van der Waals surface area contributed by atoms with Gasteiger partial charge in [0, 0.05) is 17.4 Å². The predicted molar refractivity (Wildman–Crippen MR) is 97.9 cm³/mol. The van der Waals surface area contributed by atoms with Crippen LogP contribution >= 0.6 is 0 Å². The number of carbonyl (C=O) groups is 2. The summed E-state index contributed by atoms with van der Waals surface area (Å²) < 4.78 is 18.0. The van der Waals surface area contributed by atoms with Crippen LogP contribution in [0.25, 0.3) is 0 Å². The van der Waals surface area contributed by atoms with Crippen molar-refractivity contribution >= 4 is 23.2 Å². The molecule has 6 nitrogen and oxygen atoms in total. The summed E-state index contributed by atoms with van der Waals surface area (Å²) in [4.78, 5) is 25.2. The van der Waals surface area contributed by atoms with Gasteiger partial charge in [-0.05, 0) is 43.3 Å². The predicted octanol–water partition coefficient (Wildman–Crippen LogP) is 1.31. The Hall–Kier alpha value is -2.93. The van der Waals surface area contributed by atoms with Gasteiger partial charge in [-0.2, -0.15) is 0 Å². The van der Waals surface area contributed by atoms with Crippen LogP contribution in [0.1, 0.15) is 6.92 Å². The van der Waals surface area contributed by atoms with Crippen molar-refractivity contribution in [1.82, 2.24) is 0 Å². The number of benzene rings is 2. The van der Waals surface area contributed by atoms with Crippen molar-refractivity contribution < 1.29 is 23.6 Å². The molecule has 3 N–H and O–H groups in total. The maximum absolute atomic E-state index is 12.9. The Balaban J connectivity index is 1.88. The fourth-order valence-electron chi connectivity index (χ4n) is 2.32. The van der Waals surface area contributed by atoms with Crippen molar-refractivity contribution in [2.24, 2.45) is 0 Å². The van der Waals surface area contributed by atoms with Crippen molar-refractivity contribution in [1.29, 1.82) is 0 Å². The average Bonchev–Trinajstić information content (AvgIpc) is 2.62. The van der Waals surface area contributed by atoms with Gasteiger partial charge in [-0.1, -0.05) is 6.07 Å². The first-order valence-corrected chi connectivity index (χ1v) is 8.21. The maximum atomic E-state index is 12.9. The van der Waals surface area contributed by atoms with E-state index in [0.717, 1.165) is 4.90 Å². The number of likely N-dealkylation sites (N-methyl/N-ethyl adjacent to an activating group) is 1. The van der Waals surface area contributed by atoms with Gasteiger partial charge >= 0.3 is 0 Å². The van der Waals surface area contributed by atoms with E-state index in [9.17, 15) is 14.0 Å². The first-order valence-electron chi connectivity index (χ1n) is 8.21. The van der Waals surface area contributed by atoms with Gasteiger partial charge in [0.15, 0.2) is 12.6 Å². The highest BCUT2D eigenvalue weighted by Gasteiger charge is 2.24. The summed E-state index contributed by atoms with van der Waals surface area (Å²) in [5, 5.41) is 5.50. The maximum Gasteiger partial charge on any atom is 0.282 e. The van der Waals surface area contributed by atoms with E-state index < -0.39 is 6.04 Å². The molecule has 26 heavy (non-hydrogen) atoms. The zero-order valence-electron chi connectivity index (χ0n) is 15.0. The van der Waals surface area contributed by atoms with Crippen LogP contribution in [-0.2, 0) is 9.59 Å².